The van der Waals surface area contributed by atoms with Gasteiger partial charge in [-0.2, -0.15) is 0 Å². The van der Waals surface area contributed by atoms with Gasteiger partial charge in [0.05, 0.1) is 0 Å². The molecule has 132 valence electrons. The quantitative estimate of drug-likeness (QED) is 0.367. The van der Waals surface area contributed by atoms with E-state index in [1.165, 1.54) is 18.2 Å². The number of fused-ring (bicyclic) bond motifs is 5. The van der Waals surface area contributed by atoms with Crippen molar-refractivity contribution in [1.29, 1.82) is 0 Å². The summed E-state index contributed by atoms with van der Waals surface area (Å²) in [7, 11) is 0. The number of phenolic OH excluding ortho intramolecular Hbond substituents is 3. The van der Waals surface area contributed by atoms with E-state index < -0.39 is 5.63 Å². The molecule has 0 aliphatic heterocycles. The fourth-order valence-electron chi connectivity index (χ4n) is 3.09. The summed E-state index contributed by atoms with van der Waals surface area (Å²) in [6, 6.07) is 5.69. The SMILES string of the molecule is CC(C)=CCc1c(O)cc2oc(=O)c3c4ccc(O)cc4oc3c2c1O. The Balaban J connectivity index is 2.17. The van der Waals surface area contributed by atoms with Gasteiger partial charge in [-0.15, -0.1) is 0 Å². The van der Waals surface area contributed by atoms with Crippen molar-refractivity contribution >= 4 is 32.9 Å². The van der Waals surface area contributed by atoms with E-state index in [0.717, 1.165) is 5.57 Å². The minimum absolute atomic E-state index is 0.00337. The summed E-state index contributed by atoms with van der Waals surface area (Å²) in [4.78, 5) is 12.4. The Morgan fingerprint density at radius 2 is 1.81 bits per heavy atom. The Morgan fingerprint density at radius 3 is 2.54 bits per heavy atom. The number of aromatic hydroxyl groups is 3. The van der Waals surface area contributed by atoms with E-state index in [9.17, 15) is 20.1 Å². The molecule has 2 aromatic carbocycles. The van der Waals surface area contributed by atoms with Crippen molar-refractivity contribution in [2.24, 2.45) is 0 Å². The summed E-state index contributed by atoms with van der Waals surface area (Å²) in [6.07, 6.45) is 2.19. The first-order chi connectivity index (χ1) is 12.4. The van der Waals surface area contributed by atoms with Crippen LogP contribution in [0.1, 0.15) is 19.4 Å². The third kappa shape index (κ3) is 2.30. The zero-order valence-electron chi connectivity index (χ0n) is 14.2. The van der Waals surface area contributed by atoms with Crippen LogP contribution in [0.4, 0.5) is 0 Å². The van der Waals surface area contributed by atoms with E-state index in [4.69, 9.17) is 8.83 Å². The Labute approximate surface area is 147 Å². The number of hydrogen-bond acceptors (Lipinski definition) is 6. The maximum Gasteiger partial charge on any atom is 0.348 e. The molecule has 6 heteroatoms. The molecule has 0 saturated heterocycles. The number of benzene rings is 2. The molecule has 0 amide bonds. The molecule has 2 aromatic heterocycles. The molecule has 4 rings (SSSR count). The second-order valence-electron chi connectivity index (χ2n) is 6.46. The van der Waals surface area contributed by atoms with Crippen molar-refractivity contribution in [2.75, 3.05) is 0 Å². The zero-order chi connectivity index (χ0) is 18.6. The van der Waals surface area contributed by atoms with Crippen LogP contribution < -0.4 is 5.63 Å². The van der Waals surface area contributed by atoms with Crippen LogP contribution in [0.5, 0.6) is 17.2 Å². The fourth-order valence-corrected chi connectivity index (χ4v) is 3.09. The van der Waals surface area contributed by atoms with E-state index in [-0.39, 0.29) is 39.2 Å². The molecule has 0 bridgehead atoms. The monoisotopic (exact) mass is 352 g/mol. The summed E-state index contributed by atoms with van der Waals surface area (Å²) in [5.74, 6) is -0.366. The minimum Gasteiger partial charge on any atom is -0.508 e. The van der Waals surface area contributed by atoms with Crippen molar-refractivity contribution in [3.8, 4) is 17.2 Å². The standard InChI is InChI=1S/C20H16O6/c1-9(2)3-5-11-13(22)8-15-17(18(11)23)19-16(20(24)26-15)12-6-4-10(21)7-14(12)25-19/h3-4,6-8,21-23H,5H2,1-2H3. The average Bonchev–Trinajstić information content (AvgIpc) is 2.92. The van der Waals surface area contributed by atoms with Crippen LogP contribution in [0.3, 0.4) is 0 Å². The van der Waals surface area contributed by atoms with Gasteiger partial charge in [-0.3, -0.25) is 0 Å². The molecular formula is C20H16O6. The Kier molecular flexibility index (Phi) is 3.44. The van der Waals surface area contributed by atoms with Crippen molar-refractivity contribution in [3.63, 3.8) is 0 Å². The van der Waals surface area contributed by atoms with Gasteiger partial charge >= 0.3 is 5.63 Å². The van der Waals surface area contributed by atoms with Crippen molar-refractivity contribution in [1.82, 2.24) is 0 Å². The highest BCUT2D eigenvalue weighted by Gasteiger charge is 2.22. The highest BCUT2D eigenvalue weighted by molar-refractivity contribution is 6.15. The fraction of sp³-hybridized carbons (Fsp3) is 0.150. The lowest BCUT2D eigenvalue weighted by molar-refractivity contribution is 0.442. The number of hydrogen-bond donors (Lipinski definition) is 3. The van der Waals surface area contributed by atoms with E-state index >= 15 is 0 Å². The van der Waals surface area contributed by atoms with E-state index in [1.54, 1.807) is 6.07 Å². The van der Waals surface area contributed by atoms with Crippen LogP contribution in [0.25, 0.3) is 32.9 Å². The zero-order valence-corrected chi connectivity index (χ0v) is 14.2. The number of rotatable bonds is 2. The third-order valence-electron chi connectivity index (χ3n) is 4.37. The van der Waals surface area contributed by atoms with Crippen LogP contribution in [0.15, 0.2) is 49.5 Å². The number of allylic oxidation sites excluding steroid dienone is 2. The molecule has 4 aromatic rings. The minimum atomic E-state index is -0.646. The van der Waals surface area contributed by atoms with Gasteiger partial charge in [0.1, 0.15) is 39.2 Å². The lowest BCUT2D eigenvalue weighted by Gasteiger charge is -2.08. The molecular weight excluding hydrogens is 336 g/mol. The first kappa shape index (κ1) is 16.1. The highest BCUT2D eigenvalue weighted by atomic mass is 16.4. The molecule has 0 aliphatic carbocycles. The molecule has 0 atom stereocenters. The molecule has 6 nitrogen and oxygen atoms in total. The predicted octanol–water partition coefficient (Wildman–Crippen LogP) is 4.32. The lowest BCUT2D eigenvalue weighted by Crippen LogP contribution is -1.99. The highest BCUT2D eigenvalue weighted by Crippen LogP contribution is 2.41. The molecule has 0 radical (unpaired) electrons. The summed E-state index contributed by atoms with van der Waals surface area (Å²) in [5.41, 5.74) is 1.20. The predicted molar refractivity (Wildman–Crippen MR) is 97.9 cm³/mol. The molecule has 2 heterocycles. The van der Waals surface area contributed by atoms with E-state index in [1.807, 2.05) is 19.9 Å². The number of phenols is 3. The molecule has 0 aliphatic rings. The lowest BCUT2D eigenvalue weighted by atomic mass is 10.0. The van der Waals surface area contributed by atoms with Crippen LogP contribution in [0, 0.1) is 0 Å². The molecule has 3 N–H and O–H groups in total. The summed E-state index contributed by atoms with van der Waals surface area (Å²) in [6.45, 7) is 3.83. The maximum atomic E-state index is 12.4. The molecule has 26 heavy (non-hydrogen) atoms. The van der Waals surface area contributed by atoms with Crippen molar-refractivity contribution in [3.05, 3.63) is 51.9 Å². The smallest absolute Gasteiger partial charge is 0.348 e. The van der Waals surface area contributed by atoms with E-state index in [0.29, 0.717) is 23.0 Å². The summed E-state index contributed by atoms with van der Waals surface area (Å²) in [5, 5.41) is 31.5. The van der Waals surface area contributed by atoms with Gasteiger partial charge in [-0.05, 0) is 32.4 Å². The topological polar surface area (TPSA) is 104 Å². The Hall–Kier alpha value is -3.41. The van der Waals surface area contributed by atoms with Gasteiger partial charge in [0.25, 0.3) is 0 Å². The van der Waals surface area contributed by atoms with Gasteiger partial charge in [-0.1, -0.05) is 11.6 Å². The maximum absolute atomic E-state index is 12.4. The summed E-state index contributed by atoms with van der Waals surface area (Å²) < 4.78 is 11.1. The first-order valence-electron chi connectivity index (χ1n) is 8.06. The van der Waals surface area contributed by atoms with Crippen molar-refractivity contribution < 1.29 is 24.2 Å². The van der Waals surface area contributed by atoms with Crippen LogP contribution in [-0.2, 0) is 6.42 Å². The van der Waals surface area contributed by atoms with E-state index in [2.05, 4.69) is 0 Å². The largest absolute Gasteiger partial charge is 0.508 e. The van der Waals surface area contributed by atoms with Gasteiger partial charge in [0, 0.05) is 23.1 Å². The van der Waals surface area contributed by atoms with Crippen LogP contribution in [-0.4, -0.2) is 15.3 Å². The Bertz CT molecular complexity index is 1270. The van der Waals surface area contributed by atoms with Crippen LogP contribution in [0.2, 0.25) is 0 Å². The van der Waals surface area contributed by atoms with Crippen molar-refractivity contribution in [2.45, 2.75) is 20.3 Å². The molecule has 0 saturated carbocycles. The van der Waals surface area contributed by atoms with Gasteiger partial charge < -0.3 is 24.2 Å². The number of furan rings is 1. The van der Waals surface area contributed by atoms with Gasteiger partial charge in [0.15, 0.2) is 5.58 Å². The second kappa shape index (κ2) is 5.56. The third-order valence-corrected chi connectivity index (χ3v) is 4.37. The van der Waals surface area contributed by atoms with Gasteiger partial charge in [-0.25, -0.2) is 4.79 Å². The molecule has 0 unspecified atom stereocenters. The normalized spacial score (nSPS) is 11.5. The van der Waals surface area contributed by atoms with Crippen LogP contribution >= 0.6 is 0 Å². The Morgan fingerprint density at radius 1 is 1.04 bits per heavy atom. The summed E-state index contributed by atoms with van der Waals surface area (Å²) >= 11 is 0. The average molecular weight is 352 g/mol. The molecule has 0 spiro atoms. The second-order valence-corrected chi connectivity index (χ2v) is 6.46. The van der Waals surface area contributed by atoms with Gasteiger partial charge in [0.2, 0.25) is 0 Å². The first-order valence-corrected chi connectivity index (χ1v) is 8.06. The molecule has 0 fully saturated rings.